The lowest BCUT2D eigenvalue weighted by Crippen LogP contribution is -2.40. The first kappa shape index (κ1) is 21.0. The van der Waals surface area contributed by atoms with Crippen molar-refractivity contribution < 1.29 is 22.7 Å². The Morgan fingerprint density at radius 2 is 1.81 bits per heavy atom. The third-order valence-electron chi connectivity index (χ3n) is 3.72. The van der Waals surface area contributed by atoms with Crippen LogP contribution in [-0.2, 0) is 21.4 Å². The van der Waals surface area contributed by atoms with Crippen LogP contribution in [-0.4, -0.2) is 41.3 Å². The fourth-order valence-electron chi connectivity index (χ4n) is 2.41. The van der Waals surface area contributed by atoms with Crippen LogP contribution in [0.25, 0.3) is 0 Å². The summed E-state index contributed by atoms with van der Waals surface area (Å²) >= 11 is 3.31. The van der Waals surface area contributed by atoms with Crippen LogP contribution in [0.3, 0.4) is 0 Å². The molecule has 0 unspecified atom stereocenters. The van der Waals surface area contributed by atoms with Crippen molar-refractivity contribution >= 4 is 37.5 Å². The van der Waals surface area contributed by atoms with Gasteiger partial charge >= 0.3 is 0 Å². The number of halogens is 1. The first-order chi connectivity index (χ1) is 12.7. The molecular weight excluding hydrogens is 436 g/mol. The molecular formula is C18H21BrN2O5S. The van der Waals surface area contributed by atoms with Gasteiger partial charge in [0.2, 0.25) is 15.9 Å². The molecule has 0 aliphatic carbocycles. The van der Waals surface area contributed by atoms with Crippen LogP contribution in [0.15, 0.2) is 46.9 Å². The Kier molecular flexibility index (Phi) is 7.09. The molecule has 0 aliphatic heterocycles. The van der Waals surface area contributed by atoms with Gasteiger partial charge in [0.15, 0.2) is 11.5 Å². The second-order valence-corrected chi connectivity index (χ2v) is 8.54. The Morgan fingerprint density at radius 1 is 1.11 bits per heavy atom. The highest BCUT2D eigenvalue weighted by atomic mass is 79.9. The van der Waals surface area contributed by atoms with Gasteiger partial charge in [-0.2, -0.15) is 0 Å². The fourth-order valence-corrected chi connectivity index (χ4v) is 3.64. The number of rotatable bonds is 8. The number of amides is 1. The molecule has 2 aromatic carbocycles. The smallest absolute Gasteiger partial charge is 0.241 e. The second-order valence-electron chi connectivity index (χ2n) is 5.72. The van der Waals surface area contributed by atoms with Crippen molar-refractivity contribution in [2.75, 3.05) is 31.3 Å². The van der Waals surface area contributed by atoms with Gasteiger partial charge in [-0.25, -0.2) is 8.42 Å². The number of ether oxygens (including phenoxy) is 2. The van der Waals surface area contributed by atoms with Crippen molar-refractivity contribution in [3.8, 4) is 11.5 Å². The van der Waals surface area contributed by atoms with E-state index in [0.717, 1.165) is 20.6 Å². The third kappa shape index (κ3) is 5.86. The SMILES string of the molecule is COc1ccc(CNC(=O)CN(c2cccc(Br)c2)S(C)(=O)=O)cc1OC. The molecule has 2 aromatic rings. The van der Waals surface area contributed by atoms with Gasteiger partial charge < -0.3 is 14.8 Å². The van der Waals surface area contributed by atoms with E-state index in [4.69, 9.17) is 9.47 Å². The molecule has 7 nitrogen and oxygen atoms in total. The van der Waals surface area contributed by atoms with E-state index in [1.165, 1.54) is 7.11 Å². The van der Waals surface area contributed by atoms with Gasteiger partial charge in [0.05, 0.1) is 26.2 Å². The fraction of sp³-hybridized carbons (Fsp3) is 0.278. The van der Waals surface area contributed by atoms with Crippen LogP contribution in [0, 0.1) is 0 Å². The van der Waals surface area contributed by atoms with E-state index in [2.05, 4.69) is 21.2 Å². The first-order valence-corrected chi connectivity index (χ1v) is 10.6. The summed E-state index contributed by atoms with van der Waals surface area (Å²) < 4.78 is 36.4. The molecule has 146 valence electrons. The van der Waals surface area contributed by atoms with Crippen LogP contribution < -0.4 is 19.1 Å². The number of carbonyl (C=O) groups is 1. The van der Waals surface area contributed by atoms with E-state index >= 15 is 0 Å². The molecule has 1 N–H and O–H groups in total. The van der Waals surface area contributed by atoms with Gasteiger partial charge in [-0.15, -0.1) is 0 Å². The van der Waals surface area contributed by atoms with Gasteiger partial charge in [0, 0.05) is 11.0 Å². The van der Waals surface area contributed by atoms with Crippen LogP contribution in [0.2, 0.25) is 0 Å². The molecule has 0 fully saturated rings. The molecule has 1 amide bonds. The minimum Gasteiger partial charge on any atom is -0.493 e. The zero-order chi connectivity index (χ0) is 20.0. The maximum Gasteiger partial charge on any atom is 0.241 e. The average molecular weight is 457 g/mol. The predicted molar refractivity (Wildman–Crippen MR) is 108 cm³/mol. The van der Waals surface area contributed by atoms with Gasteiger partial charge in [0.1, 0.15) is 6.54 Å². The third-order valence-corrected chi connectivity index (χ3v) is 5.36. The van der Waals surface area contributed by atoms with Crippen LogP contribution in [0.4, 0.5) is 5.69 Å². The molecule has 0 aromatic heterocycles. The second kappa shape index (κ2) is 9.09. The maximum atomic E-state index is 12.3. The minimum absolute atomic E-state index is 0.231. The molecule has 0 radical (unpaired) electrons. The summed E-state index contributed by atoms with van der Waals surface area (Å²) in [5.74, 6) is 0.719. The first-order valence-electron chi connectivity index (χ1n) is 7.95. The van der Waals surface area contributed by atoms with Crippen molar-refractivity contribution in [1.82, 2.24) is 5.32 Å². The van der Waals surface area contributed by atoms with Crippen molar-refractivity contribution in [3.05, 3.63) is 52.5 Å². The highest BCUT2D eigenvalue weighted by molar-refractivity contribution is 9.10. The standard InChI is InChI=1S/C18H21BrN2O5S/c1-25-16-8-7-13(9-17(16)26-2)11-20-18(22)12-21(27(3,23)24)15-6-4-5-14(19)10-15/h4-10H,11-12H2,1-3H3,(H,20,22). The number of nitrogens with one attached hydrogen (secondary N) is 1. The number of methoxy groups -OCH3 is 2. The molecule has 0 spiro atoms. The number of hydrogen-bond donors (Lipinski definition) is 1. The number of anilines is 1. The van der Waals surface area contributed by atoms with Gasteiger partial charge in [-0.05, 0) is 35.9 Å². The van der Waals surface area contributed by atoms with Gasteiger partial charge in [0.25, 0.3) is 0 Å². The molecule has 0 atom stereocenters. The minimum atomic E-state index is -3.62. The van der Waals surface area contributed by atoms with Gasteiger partial charge in [-0.1, -0.05) is 28.1 Å². The summed E-state index contributed by atoms with van der Waals surface area (Å²) in [7, 11) is -0.545. The molecule has 0 saturated heterocycles. The van der Waals surface area contributed by atoms with Crippen LogP contribution in [0.5, 0.6) is 11.5 Å². The topological polar surface area (TPSA) is 84.9 Å². The summed E-state index contributed by atoms with van der Waals surface area (Å²) in [6.45, 7) is -0.0855. The quantitative estimate of drug-likeness (QED) is 0.659. The highest BCUT2D eigenvalue weighted by Crippen LogP contribution is 2.27. The summed E-state index contributed by atoms with van der Waals surface area (Å²) in [4.78, 5) is 12.3. The number of nitrogens with zero attached hydrogens (tertiary/aromatic N) is 1. The van der Waals surface area contributed by atoms with E-state index in [1.54, 1.807) is 49.6 Å². The zero-order valence-electron chi connectivity index (χ0n) is 15.2. The van der Waals surface area contributed by atoms with E-state index in [0.29, 0.717) is 17.2 Å². The van der Waals surface area contributed by atoms with Crippen molar-refractivity contribution in [2.45, 2.75) is 6.54 Å². The summed E-state index contributed by atoms with van der Waals surface area (Å²) in [6, 6.07) is 12.0. The van der Waals surface area contributed by atoms with E-state index in [-0.39, 0.29) is 13.1 Å². The molecule has 27 heavy (non-hydrogen) atoms. The van der Waals surface area contributed by atoms with E-state index in [9.17, 15) is 13.2 Å². The molecule has 9 heteroatoms. The van der Waals surface area contributed by atoms with Crippen molar-refractivity contribution in [1.29, 1.82) is 0 Å². The number of benzene rings is 2. The highest BCUT2D eigenvalue weighted by Gasteiger charge is 2.21. The molecule has 0 saturated carbocycles. The van der Waals surface area contributed by atoms with Crippen molar-refractivity contribution in [2.24, 2.45) is 0 Å². The summed E-state index contributed by atoms with van der Waals surface area (Å²) in [5.41, 5.74) is 1.21. The summed E-state index contributed by atoms with van der Waals surface area (Å²) in [5, 5.41) is 2.72. The largest absolute Gasteiger partial charge is 0.493 e. The Labute approximate surface area is 167 Å². The Morgan fingerprint density at radius 3 is 2.41 bits per heavy atom. The lowest BCUT2D eigenvalue weighted by Gasteiger charge is -2.22. The van der Waals surface area contributed by atoms with E-state index in [1.807, 2.05) is 0 Å². The number of carbonyl (C=O) groups excluding carboxylic acids is 1. The molecule has 0 bridgehead atoms. The average Bonchev–Trinajstić information content (AvgIpc) is 2.63. The van der Waals surface area contributed by atoms with Crippen LogP contribution in [0.1, 0.15) is 5.56 Å². The lowest BCUT2D eigenvalue weighted by atomic mass is 10.2. The monoisotopic (exact) mass is 456 g/mol. The molecule has 0 aliphatic rings. The Hall–Kier alpha value is -2.26. The number of sulfonamides is 1. The normalized spacial score (nSPS) is 11.0. The zero-order valence-corrected chi connectivity index (χ0v) is 17.6. The van der Waals surface area contributed by atoms with Gasteiger partial charge in [-0.3, -0.25) is 9.10 Å². The van der Waals surface area contributed by atoms with E-state index < -0.39 is 15.9 Å². The maximum absolute atomic E-state index is 12.3. The summed E-state index contributed by atoms with van der Waals surface area (Å²) in [6.07, 6.45) is 1.07. The Bertz CT molecular complexity index is 918. The van der Waals surface area contributed by atoms with Crippen molar-refractivity contribution in [3.63, 3.8) is 0 Å². The predicted octanol–water partition coefficient (Wildman–Crippen LogP) is 2.55. The Balaban J connectivity index is 2.08. The molecule has 0 heterocycles. The van der Waals surface area contributed by atoms with Crippen LogP contribution >= 0.6 is 15.9 Å². The molecule has 2 rings (SSSR count). The lowest BCUT2D eigenvalue weighted by molar-refractivity contribution is -0.119. The number of hydrogen-bond acceptors (Lipinski definition) is 5.